The van der Waals surface area contributed by atoms with Gasteiger partial charge in [-0.1, -0.05) is 6.07 Å². The zero-order valence-corrected chi connectivity index (χ0v) is 13.8. The number of pyridine rings is 1. The predicted molar refractivity (Wildman–Crippen MR) is 88.5 cm³/mol. The van der Waals surface area contributed by atoms with Gasteiger partial charge in [0.25, 0.3) is 0 Å². The summed E-state index contributed by atoms with van der Waals surface area (Å²) in [7, 11) is 0. The molecule has 1 saturated heterocycles. The Hall–Kier alpha value is -1.92. The summed E-state index contributed by atoms with van der Waals surface area (Å²) in [4.78, 5) is 19.2. The van der Waals surface area contributed by atoms with E-state index in [0.717, 1.165) is 49.9 Å². The zero-order valence-electron chi connectivity index (χ0n) is 13.8. The number of rotatable bonds is 5. The van der Waals surface area contributed by atoms with Gasteiger partial charge in [0.2, 0.25) is 5.91 Å². The lowest BCUT2D eigenvalue weighted by atomic mass is 10.2. The van der Waals surface area contributed by atoms with Crippen LogP contribution in [0.15, 0.2) is 24.4 Å². The van der Waals surface area contributed by atoms with E-state index in [1.54, 1.807) is 0 Å². The van der Waals surface area contributed by atoms with Gasteiger partial charge in [-0.2, -0.15) is 0 Å². The quantitative estimate of drug-likeness (QED) is 0.895. The van der Waals surface area contributed by atoms with Crippen molar-refractivity contribution in [3.63, 3.8) is 0 Å². The highest BCUT2D eigenvalue weighted by atomic mass is 16.5. The molecule has 1 N–H and O–H groups in total. The summed E-state index contributed by atoms with van der Waals surface area (Å²) in [6, 6.07) is 5.99. The second kappa shape index (κ2) is 7.10. The summed E-state index contributed by atoms with van der Waals surface area (Å²) in [5, 5.41) is 3.09. The number of aromatic nitrogens is 2. The molecule has 1 aliphatic heterocycles. The Labute approximate surface area is 136 Å². The molecular formula is C17H24N4O2. The minimum atomic E-state index is 0.0412. The summed E-state index contributed by atoms with van der Waals surface area (Å²) in [5.41, 5.74) is 2.75. The lowest BCUT2D eigenvalue weighted by Gasteiger charge is -2.29. The molecule has 0 bridgehead atoms. The van der Waals surface area contributed by atoms with Gasteiger partial charge in [-0.3, -0.25) is 9.69 Å². The molecule has 124 valence electrons. The number of aryl methyl sites for hydroxylation is 1. The molecule has 1 fully saturated rings. The second-order valence-corrected chi connectivity index (χ2v) is 6.13. The average molecular weight is 316 g/mol. The van der Waals surface area contributed by atoms with E-state index in [-0.39, 0.29) is 11.9 Å². The predicted octanol–water partition coefficient (Wildman–Crippen LogP) is 1.02. The van der Waals surface area contributed by atoms with Crippen LogP contribution in [0.3, 0.4) is 0 Å². The molecule has 0 radical (unpaired) electrons. The molecule has 0 aliphatic carbocycles. The van der Waals surface area contributed by atoms with Crippen LogP contribution >= 0.6 is 0 Å². The topological polar surface area (TPSA) is 58.9 Å². The number of nitrogens with zero attached hydrogens (tertiary/aromatic N) is 3. The summed E-state index contributed by atoms with van der Waals surface area (Å²) in [6.45, 7) is 8.30. The molecule has 1 amide bonds. The third kappa shape index (κ3) is 3.89. The van der Waals surface area contributed by atoms with Gasteiger partial charge in [-0.15, -0.1) is 0 Å². The normalized spacial score (nSPS) is 17.3. The van der Waals surface area contributed by atoms with Gasteiger partial charge in [-0.05, 0) is 26.0 Å². The Kier molecular flexibility index (Phi) is 4.93. The van der Waals surface area contributed by atoms with E-state index >= 15 is 0 Å². The fourth-order valence-corrected chi connectivity index (χ4v) is 3.07. The van der Waals surface area contributed by atoms with Gasteiger partial charge >= 0.3 is 0 Å². The van der Waals surface area contributed by atoms with Crippen LogP contribution in [0.4, 0.5) is 0 Å². The third-order valence-corrected chi connectivity index (χ3v) is 4.20. The van der Waals surface area contributed by atoms with E-state index in [1.807, 2.05) is 35.7 Å². The van der Waals surface area contributed by atoms with Gasteiger partial charge in [0.15, 0.2) is 0 Å². The summed E-state index contributed by atoms with van der Waals surface area (Å²) >= 11 is 0. The Morgan fingerprint density at radius 3 is 2.96 bits per heavy atom. The Balaban J connectivity index is 1.58. The van der Waals surface area contributed by atoms with E-state index in [2.05, 4.69) is 22.1 Å². The van der Waals surface area contributed by atoms with E-state index in [4.69, 9.17) is 4.74 Å². The molecule has 6 heteroatoms. The van der Waals surface area contributed by atoms with E-state index in [1.165, 1.54) is 0 Å². The number of hydrogen-bond donors (Lipinski definition) is 1. The van der Waals surface area contributed by atoms with Crippen LogP contribution < -0.4 is 5.32 Å². The van der Waals surface area contributed by atoms with Crippen molar-refractivity contribution in [1.82, 2.24) is 19.6 Å². The van der Waals surface area contributed by atoms with Gasteiger partial charge in [0, 0.05) is 31.9 Å². The number of carbonyl (C=O) groups excluding carboxylic acids is 1. The Morgan fingerprint density at radius 1 is 1.39 bits per heavy atom. The van der Waals surface area contributed by atoms with Crippen molar-refractivity contribution >= 4 is 11.6 Å². The fourth-order valence-electron chi connectivity index (χ4n) is 3.07. The maximum atomic E-state index is 12.4. The first-order valence-corrected chi connectivity index (χ1v) is 8.15. The van der Waals surface area contributed by atoms with Crippen molar-refractivity contribution in [2.24, 2.45) is 0 Å². The monoisotopic (exact) mass is 316 g/mol. The van der Waals surface area contributed by atoms with Crippen molar-refractivity contribution in [2.75, 3.05) is 32.8 Å². The number of carbonyl (C=O) groups is 1. The van der Waals surface area contributed by atoms with E-state index in [0.29, 0.717) is 6.42 Å². The standard InChI is InChI=1S/C17H24N4O2/c1-13(12-20-7-9-23-10-8-20)18-17(22)11-15-14(2)19-16-5-3-4-6-21(15)16/h3-6,13H,7-12H2,1-2H3,(H,18,22)/t13-/m1/s1. The first-order chi connectivity index (χ1) is 11.1. The number of morpholine rings is 1. The lowest BCUT2D eigenvalue weighted by Crippen LogP contribution is -2.46. The average Bonchev–Trinajstić information content (AvgIpc) is 2.84. The van der Waals surface area contributed by atoms with E-state index < -0.39 is 0 Å². The van der Waals surface area contributed by atoms with Crippen LogP contribution in [0, 0.1) is 6.92 Å². The molecule has 0 unspecified atom stereocenters. The van der Waals surface area contributed by atoms with Gasteiger partial charge in [-0.25, -0.2) is 4.98 Å². The van der Waals surface area contributed by atoms with Crippen molar-refractivity contribution < 1.29 is 9.53 Å². The lowest BCUT2D eigenvalue weighted by molar-refractivity contribution is -0.121. The molecule has 1 aliphatic rings. The Morgan fingerprint density at radius 2 is 2.17 bits per heavy atom. The van der Waals surface area contributed by atoms with Gasteiger partial charge in [0.05, 0.1) is 31.0 Å². The number of nitrogens with one attached hydrogen (secondary N) is 1. The molecule has 1 atom stereocenters. The number of hydrogen-bond acceptors (Lipinski definition) is 4. The van der Waals surface area contributed by atoms with Crippen LogP contribution in [-0.2, 0) is 16.0 Å². The number of amides is 1. The molecule has 0 aromatic carbocycles. The first kappa shape index (κ1) is 16.0. The largest absolute Gasteiger partial charge is 0.379 e. The number of fused-ring (bicyclic) bond motifs is 1. The summed E-state index contributed by atoms with van der Waals surface area (Å²) in [6.07, 6.45) is 2.31. The molecule has 3 rings (SSSR count). The molecule has 6 nitrogen and oxygen atoms in total. The molecule has 3 heterocycles. The molecule has 0 saturated carbocycles. The number of ether oxygens (including phenoxy) is 1. The minimum absolute atomic E-state index is 0.0412. The van der Waals surface area contributed by atoms with Crippen LogP contribution in [0.25, 0.3) is 5.65 Å². The molecular weight excluding hydrogens is 292 g/mol. The highest BCUT2D eigenvalue weighted by molar-refractivity contribution is 5.79. The maximum Gasteiger partial charge on any atom is 0.226 e. The maximum absolute atomic E-state index is 12.4. The van der Waals surface area contributed by atoms with Crippen molar-refractivity contribution in [3.05, 3.63) is 35.8 Å². The van der Waals surface area contributed by atoms with Crippen molar-refractivity contribution in [3.8, 4) is 0 Å². The minimum Gasteiger partial charge on any atom is -0.379 e. The fraction of sp³-hybridized carbons (Fsp3) is 0.529. The van der Waals surface area contributed by atoms with Gasteiger partial charge in [0.1, 0.15) is 5.65 Å². The van der Waals surface area contributed by atoms with Crippen LogP contribution in [0.2, 0.25) is 0 Å². The van der Waals surface area contributed by atoms with E-state index in [9.17, 15) is 4.79 Å². The summed E-state index contributed by atoms with van der Waals surface area (Å²) < 4.78 is 7.34. The van der Waals surface area contributed by atoms with Crippen LogP contribution in [0.5, 0.6) is 0 Å². The number of imidazole rings is 1. The molecule has 0 spiro atoms. The molecule has 2 aromatic heterocycles. The Bertz CT molecular complexity index is 676. The SMILES string of the molecule is Cc1nc2ccccn2c1CC(=O)N[C@H](C)CN1CCOCC1. The second-order valence-electron chi connectivity index (χ2n) is 6.13. The highest BCUT2D eigenvalue weighted by Gasteiger charge is 2.17. The molecule has 23 heavy (non-hydrogen) atoms. The first-order valence-electron chi connectivity index (χ1n) is 8.15. The third-order valence-electron chi connectivity index (χ3n) is 4.20. The molecule has 2 aromatic rings. The van der Waals surface area contributed by atoms with Gasteiger partial charge < -0.3 is 14.5 Å². The zero-order chi connectivity index (χ0) is 16.2. The highest BCUT2D eigenvalue weighted by Crippen LogP contribution is 2.12. The van der Waals surface area contributed by atoms with Crippen LogP contribution in [0.1, 0.15) is 18.3 Å². The summed E-state index contributed by atoms with van der Waals surface area (Å²) in [5.74, 6) is 0.0412. The van der Waals surface area contributed by atoms with Crippen LogP contribution in [-0.4, -0.2) is 59.1 Å². The smallest absolute Gasteiger partial charge is 0.226 e. The van der Waals surface area contributed by atoms with Crippen molar-refractivity contribution in [1.29, 1.82) is 0 Å². The van der Waals surface area contributed by atoms with Crippen molar-refractivity contribution in [2.45, 2.75) is 26.3 Å².